The van der Waals surface area contributed by atoms with Crippen LogP contribution < -0.4 is 0 Å². The standard InChI is InChI=1S/C48H87NO6/c1-8-11-30-43(6)39-46(50)52-37-28-24-20-16-14-18-22-26-34-48(54-41-45(55-48)33-36-49(7)42(4)5)35-27-23-19-15-17-21-25-29-38-53-47(51)40-44(31-12-9-2)32-13-10-3/h31,42-45H,2,8,10-11,13-30,32-41H2,1,3-7H3. The topological polar surface area (TPSA) is 74.3 Å². The lowest BCUT2D eigenvalue weighted by Gasteiger charge is -2.29. The molecule has 0 N–H and O–H groups in total. The lowest BCUT2D eigenvalue weighted by atomic mass is 9.98. The normalized spacial score (nSPS) is 17.9. The fraction of sp³-hybridized carbons (Fsp3) is 0.875. The fourth-order valence-corrected chi connectivity index (χ4v) is 7.40. The molecule has 0 aromatic carbocycles. The SMILES string of the molecule is C=C=C=CC(CCCC)CC(=O)OCCCCCCCCCCC1(CCCCCCCCCCOC(=O)CC(C)CCCC)OCC(CCN(C)C(C)C)O1. The molecule has 0 spiro atoms. The molecule has 55 heavy (non-hydrogen) atoms. The van der Waals surface area contributed by atoms with Gasteiger partial charge in [-0.2, -0.15) is 0 Å². The molecule has 1 fully saturated rings. The van der Waals surface area contributed by atoms with E-state index in [1.54, 1.807) is 0 Å². The van der Waals surface area contributed by atoms with Crippen molar-refractivity contribution in [1.29, 1.82) is 0 Å². The molecule has 1 aliphatic heterocycles. The van der Waals surface area contributed by atoms with E-state index in [2.05, 4.69) is 64.6 Å². The third kappa shape index (κ3) is 28.2. The van der Waals surface area contributed by atoms with Gasteiger partial charge in [0.15, 0.2) is 5.79 Å². The minimum atomic E-state index is -0.404. The monoisotopic (exact) mass is 774 g/mol. The summed E-state index contributed by atoms with van der Waals surface area (Å²) in [6.45, 7) is 17.4. The van der Waals surface area contributed by atoms with Gasteiger partial charge in [0.2, 0.25) is 0 Å². The predicted octanol–water partition coefficient (Wildman–Crippen LogP) is 12.8. The highest BCUT2D eigenvalue weighted by atomic mass is 16.7. The van der Waals surface area contributed by atoms with E-state index in [0.29, 0.717) is 38.0 Å². The Morgan fingerprint density at radius 1 is 0.745 bits per heavy atom. The first-order valence-corrected chi connectivity index (χ1v) is 23.1. The Hall–Kier alpha value is -1.88. The number of unbranched alkanes of at least 4 members (excludes halogenated alkanes) is 16. The van der Waals surface area contributed by atoms with E-state index in [0.717, 1.165) is 96.6 Å². The molecule has 0 amide bonds. The molecule has 1 heterocycles. The minimum Gasteiger partial charge on any atom is -0.466 e. The van der Waals surface area contributed by atoms with Crippen molar-refractivity contribution in [3.63, 3.8) is 0 Å². The van der Waals surface area contributed by atoms with E-state index in [9.17, 15) is 9.59 Å². The number of esters is 2. The van der Waals surface area contributed by atoms with Crippen molar-refractivity contribution in [1.82, 2.24) is 4.90 Å². The first-order chi connectivity index (χ1) is 26.6. The average molecular weight is 774 g/mol. The third-order valence-corrected chi connectivity index (χ3v) is 11.4. The zero-order chi connectivity index (χ0) is 40.4. The van der Waals surface area contributed by atoms with Crippen LogP contribution in [0, 0.1) is 11.8 Å². The quantitative estimate of drug-likeness (QED) is 0.0353. The van der Waals surface area contributed by atoms with Gasteiger partial charge >= 0.3 is 11.9 Å². The molecule has 7 heteroatoms. The van der Waals surface area contributed by atoms with Gasteiger partial charge < -0.3 is 23.8 Å². The van der Waals surface area contributed by atoms with Crippen LogP contribution in [0.2, 0.25) is 0 Å². The van der Waals surface area contributed by atoms with Gasteiger partial charge in [-0.1, -0.05) is 141 Å². The molecule has 0 aromatic heterocycles. The molecule has 1 aliphatic rings. The van der Waals surface area contributed by atoms with Crippen LogP contribution in [0.1, 0.15) is 208 Å². The predicted molar refractivity (Wildman–Crippen MR) is 229 cm³/mol. The number of ether oxygens (including phenoxy) is 4. The zero-order valence-electron chi connectivity index (χ0n) is 36.9. The van der Waals surface area contributed by atoms with Gasteiger partial charge in [0.1, 0.15) is 0 Å². The summed E-state index contributed by atoms with van der Waals surface area (Å²) in [5, 5.41) is 0. The van der Waals surface area contributed by atoms with Crippen LogP contribution in [0.15, 0.2) is 24.1 Å². The smallest absolute Gasteiger partial charge is 0.306 e. The molecule has 0 aliphatic carbocycles. The fourth-order valence-electron chi connectivity index (χ4n) is 7.40. The van der Waals surface area contributed by atoms with E-state index < -0.39 is 5.79 Å². The molecule has 4 atom stereocenters. The molecule has 1 saturated heterocycles. The first-order valence-electron chi connectivity index (χ1n) is 23.1. The number of hydrogen-bond acceptors (Lipinski definition) is 7. The van der Waals surface area contributed by atoms with Gasteiger partial charge in [0, 0.05) is 31.8 Å². The molecule has 320 valence electrons. The summed E-state index contributed by atoms with van der Waals surface area (Å²) in [7, 11) is 2.20. The van der Waals surface area contributed by atoms with Crippen molar-refractivity contribution in [3.8, 4) is 0 Å². The van der Waals surface area contributed by atoms with Gasteiger partial charge in [-0.05, 0) is 83.9 Å². The molecule has 0 radical (unpaired) electrons. The number of nitrogens with zero attached hydrogens (tertiary/aromatic N) is 1. The summed E-state index contributed by atoms with van der Waals surface area (Å²) < 4.78 is 24.3. The Morgan fingerprint density at radius 3 is 1.75 bits per heavy atom. The Morgan fingerprint density at radius 2 is 1.24 bits per heavy atom. The second-order valence-corrected chi connectivity index (χ2v) is 17.0. The maximum atomic E-state index is 12.3. The summed E-state index contributed by atoms with van der Waals surface area (Å²) in [6.07, 6.45) is 31.6. The maximum Gasteiger partial charge on any atom is 0.306 e. The first kappa shape index (κ1) is 51.1. The summed E-state index contributed by atoms with van der Waals surface area (Å²) in [5.74, 6) is 0.0635. The lowest BCUT2D eigenvalue weighted by Crippen LogP contribution is -2.33. The second kappa shape index (κ2) is 34.2. The van der Waals surface area contributed by atoms with Gasteiger partial charge in [0.25, 0.3) is 0 Å². The Kier molecular flexibility index (Phi) is 31.8. The van der Waals surface area contributed by atoms with Crippen molar-refractivity contribution in [3.05, 3.63) is 24.1 Å². The molecule has 0 bridgehead atoms. The number of carbonyl (C=O) groups is 2. The molecule has 0 saturated carbocycles. The molecule has 7 nitrogen and oxygen atoms in total. The molecule has 4 unspecified atom stereocenters. The van der Waals surface area contributed by atoms with Crippen LogP contribution in [0.5, 0.6) is 0 Å². The largest absolute Gasteiger partial charge is 0.466 e. The van der Waals surface area contributed by atoms with Gasteiger partial charge in [0.05, 0.1) is 32.3 Å². The number of carbonyl (C=O) groups excluding carboxylic acids is 2. The van der Waals surface area contributed by atoms with Gasteiger partial charge in [-0.15, -0.1) is 0 Å². The summed E-state index contributed by atoms with van der Waals surface area (Å²) in [5.41, 5.74) is 5.57. The number of rotatable bonds is 37. The van der Waals surface area contributed by atoms with Crippen molar-refractivity contribution < 1.29 is 28.5 Å². The van der Waals surface area contributed by atoms with Crippen molar-refractivity contribution in [2.24, 2.45) is 11.8 Å². The third-order valence-electron chi connectivity index (χ3n) is 11.4. The number of hydrogen-bond donors (Lipinski definition) is 0. The maximum absolute atomic E-state index is 12.3. The van der Waals surface area contributed by atoms with Crippen LogP contribution >= 0.6 is 0 Å². The Labute approximate surface area is 339 Å². The Balaban J connectivity index is 2.25. The Bertz CT molecular complexity index is 1030. The molecular formula is C48H87NO6. The van der Waals surface area contributed by atoms with Crippen LogP contribution in [-0.4, -0.2) is 68.2 Å². The highest BCUT2D eigenvalue weighted by Gasteiger charge is 2.40. The van der Waals surface area contributed by atoms with E-state index in [1.165, 1.54) is 77.0 Å². The summed E-state index contributed by atoms with van der Waals surface area (Å²) in [6, 6.07) is 0.540. The van der Waals surface area contributed by atoms with E-state index >= 15 is 0 Å². The number of allylic oxidation sites excluding steroid dienone is 1. The van der Waals surface area contributed by atoms with Crippen LogP contribution in [0.4, 0.5) is 0 Å². The van der Waals surface area contributed by atoms with Crippen LogP contribution in [-0.2, 0) is 28.5 Å². The molecular weight excluding hydrogens is 687 g/mol. The van der Waals surface area contributed by atoms with Crippen LogP contribution in [0.25, 0.3) is 0 Å². The highest BCUT2D eigenvalue weighted by molar-refractivity contribution is 5.70. The van der Waals surface area contributed by atoms with E-state index in [-0.39, 0.29) is 24.0 Å². The van der Waals surface area contributed by atoms with E-state index in [4.69, 9.17) is 18.9 Å². The highest BCUT2D eigenvalue weighted by Crippen LogP contribution is 2.36. The van der Waals surface area contributed by atoms with Crippen molar-refractivity contribution in [2.45, 2.75) is 226 Å². The van der Waals surface area contributed by atoms with Gasteiger partial charge in [-0.25, -0.2) is 0 Å². The lowest BCUT2D eigenvalue weighted by molar-refractivity contribution is -0.180. The summed E-state index contributed by atoms with van der Waals surface area (Å²) in [4.78, 5) is 26.7. The van der Waals surface area contributed by atoms with E-state index in [1.807, 2.05) is 6.08 Å². The van der Waals surface area contributed by atoms with Gasteiger partial charge in [-0.3, -0.25) is 9.59 Å². The van der Waals surface area contributed by atoms with Crippen molar-refractivity contribution >= 4 is 11.9 Å². The van der Waals surface area contributed by atoms with Crippen molar-refractivity contribution in [2.75, 3.05) is 33.4 Å². The second-order valence-electron chi connectivity index (χ2n) is 17.0. The minimum absolute atomic E-state index is 0.0238. The molecule has 0 aromatic rings. The van der Waals surface area contributed by atoms with Crippen LogP contribution in [0.3, 0.4) is 0 Å². The summed E-state index contributed by atoms with van der Waals surface area (Å²) >= 11 is 0. The molecule has 1 rings (SSSR count). The zero-order valence-corrected chi connectivity index (χ0v) is 36.9. The average Bonchev–Trinajstić information content (AvgIpc) is 3.57.